The summed E-state index contributed by atoms with van der Waals surface area (Å²) in [7, 11) is -1.79. The van der Waals surface area contributed by atoms with Gasteiger partial charge in [-0.05, 0) is 19.9 Å². The largest absolute Gasteiger partial charge is 0.493 e. The van der Waals surface area contributed by atoms with E-state index in [-0.39, 0.29) is 12.1 Å². The van der Waals surface area contributed by atoms with E-state index in [1.807, 2.05) is 20.8 Å². The molecule has 1 unspecified atom stereocenters. The fourth-order valence-corrected chi connectivity index (χ4v) is 2.62. The van der Waals surface area contributed by atoms with Gasteiger partial charge in [-0.15, -0.1) is 0 Å². The van der Waals surface area contributed by atoms with E-state index in [0.29, 0.717) is 0 Å². The number of carbonyl (C=O) groups excluding carboxylic acids is 1. The Morgan fingerprint density at radius 1 is 1.62 bits per heavy atom. The average molecular weight is 202 g/mol. The molecule has 0 N–H and O–H groups in total. The van der Waals surface area contributed by atoms with Gasteiger partial charge >= 0.3 is 15.3 Å². The first kappa shape index (κ1) is 12.4. The quantitative estimate of drug-likeness (QED) is 0.486. The second-order valence-electron chi connectivity index (χ2n) is 3.04. The Bertz CT molecular complexity index is 168. The molecular weight excluding hydrogens is 184 g/mol. The zero-order valence-electron chi connectivity index (χ0n) is 8.58. The van der Waals surface area contributed by atoms with E-state index >= 15 is 0 Å². The summed E-state index contributed by atoms with van der Waals surface area (Å²) in [6, 6.07) is 0.859. The lowest BCUT2D eigenvalue weighted by Gasteiger charge is -2.17. The molecular formula is C9H18O3Si. The topological polar surface area (TPSA) is 35.5 Å². The maximum absolute atomic E-state index is 10.9. The van der Waals surface area contributed by atoms with Gasteiger partial charge in [0.15, 0.2) is 0 Å². The van der Waals surface area contributed by atoms with Gasteiger partial charge in [-0.25, -0.2) is 4.79 Å². The molecule has 0 rings (SSSR count). The minimum absolute atomic E-state index is 0.126. The number of hydrogen-bond acceptors (Lipinski definition) is 3. The molecule has 76 valence electrons. The summed E-state index contributed by atoms with van der Waals surface area (Å²) >= 11 is 0. The number of carbonyl (C=O) groups is 1. The lowest BCUT2D eigenvalue weighted by atomic mass is 10.5. The van der Waals surface area contributed by atoms with E-state index in [2.05, 4.69) is 6.58 Å². The van der Waals surface area contributed by atoms with E-state index < -0.39 is 9.28 Å². The second-order valence-corrected chi connectivity index (χ2v) is 4.99. The second kappa shape index (κ2) is 6.86. The Labute approximate surface area is 81.6 Å². The van der Waals surface area contributed by atoms with Gasteiger partial charge in [0.25, 0.3) is 0 Å². The Morgan fingerprint density at radius 3 is 2.62 bits per heavy atom. The molecule has 0 saturated carbocycles. The maximum Gasteiger partial charge on any atom is 0.385 e. The fourth-order valence-electron chi connectivity index (χ4n) is 0.872. The monoisotopic (exact) mass is 202 g/mol. The summed E-state index contributed by atoms with van der Waals surface area (Å²) in [5.74, 6) is -0.370. The molecule has 0 heterocycles. The van der Waals surface area contributed by atoms with Crippen LogP contribution in [0.1, 0.15) is 27.2 Å². The van der Waals surface area contributed by atoms with Crippen LogP contribution in [0.4, 0.5) is 0 Å². The third kappa shape index (κ3) is 6.54. The van der Waals surface area contributed by atoms with Gasteiger partial charge in [-0.3, -0.25) is 0 Å². The molecule has 3 nitrogen and oxygen atoms in total. The van der Waals surface area contributed by atoms with Crippen LogP contribution in [0.3, 0.4) is 0 Å². The first-order valence-corrected chi connectivity index (χ1v) is 6.34. The summed E-state index contributed by atoms with van der Waals surface area (Å²) in [5, 5.41) is 0. The molecule has 0 saturated heterocycles. The van der Waals surface area contributed by atoms with Gasteiger partial charge in [0.2, 0.25) is 0 Å². The lowest BCUT2D eigenvalue weighted by molar-refractivity contribution is -0.130. The molecule has 0 spiro atoms. The van der Waals surface area contributed by atoms with E-state index in [4.69, 9.17) is 8.85 Å². The standard InChI is InChI=1S/C9H18O3Si/c1-5-7-13(11-8(3)4)12-9(10)6-2/h6,8,13H,2,5,7H2,1,3-4H3. The summed E-state index contributed by atoms with van der Waals surface area (Å²) < 4.78 is 10.6. The van der Waals surface area contributed by atoms with Crippen molar-refractivity contribution in [1.82, 2.24) is 0 Å². The summed E-state index contributed by atoms with van der Waals surface area (Å²) in [6.07, 6.45) is 2.29. The Kier molecular flexibility index (Phi) is 6.53. The molecule has 0 aromatic rings. The van der Waals surface area contributed by atoms with Crippen molar-refractivity contribution >= 4 is 15.3 Å². The van der Waals surface area contributed by atoms with Crippen LogP contribution in [0.25, 0.3) is 0 Å². The predicted octanol–water partition coefficient (Wildman–Crippen LogP) is 1.77. The molecule has 0 amide bonds. The lowest BCUT2D eigenvalue weighted by Crippen LogP contribution is -2.28. The number of hydrogen-bond donors (Lipinski definition) is 0. The Hall–Kier alpha value is -0.613. The first-order valence-electron chi connectivity index (χ1n) is 4.58. The third-order valence-electron chi connectivity index (χ3n) is 1.36. The molecule has 1 atom stereocenters. The SMILES string of the molecule is C=CC(=O)O[SiH](CCC)OC(C)C. The molecule has 0 fully saturated rings. The maximum atomic E-state index is 10.9. The Morgan fingerprint density at radius 2 is 2.23 bits per heavy atom. The van der Waals surface area contributed by atoms with Crippen LogP contribution >= 0.6 is 0 Å². The van der Waals surface area contributed by atoms with Gasteiger partial charge in [0.1, 0.15) is 0 Å². The molecule has 0 aliphatic carbocycles. The van der Waals surface area contributed by atoms with Crippen molar-refractivity contribution in [3.05, 3.63) is 12.7 Å². The van der Waals surface area contributed by atoms with Crippen LogP contribution in [0, 0.1) is 0 Å². The third-order valence-corrected chi connectivity index (χ3v) is 3.75. The van der Waals surface area contributed by atoms with Gasteiger partial charge in [-0.2, -0.15) is 0 Å². The van der Waals surface area contributed by atoms with E-state index in [9.17, 15) is 4.79 Å². The molecule has 0 aliphatic heterocycles. The highest BCUT2D eigenvalue weighted by Gasteiger charge is 2.17. The highest BCUT2D eigenvalue weighted by Crippen LogP contribution is 2.04. The van der Waals surface area contributed by atoms with Gasteiger partial charge in [-0.1, -0.05) is 19.9 Å². The fraction of sp³-hybridized carbons (Fsp3) is 0.667. The summed E-state index contributed by atoms with van der Waals surface area (Å²) in [5.41, 5.74) is 0. The van der Waals surface area contributed by atoms with Gasteiger partial charge in [0, 0.05) is 12.2 Å². The van der Waals surface area contributed by atoms with Crippen molar-refractivity contribution in [2.45, 2.75) is 39.3 Å². The van der Waals surface area contributed by atoms with Crippen molar-refractivity contribution in [2.75, 3.05) is 0 Å². The van der Waals surface area contributed by atoms with E-state index in [1.54, 1.807) is 0 Å². The zero-order valence-corrected chi connectivity index (χ0v) is 9.73. The molecule has 0 aliphatic rings. The average Bonchev–Trinajstić information content (AvgIpc) is 2.03. The highest BCUT2D eigenvalue weighted by molar-refractivity contribution is 6.47. The van der Waals surface area contributed by atoms with E-state index in [1.165, 1.54) is 6.08 Å². The van der Waals surface area contributed by atoms with Crippen LogP contribution in [-0.2, 0) is 13.6 Å². The van der Waals surface area contributed by atoms with Gasteiger partial charge < -0.3 is 8.85 Å². The molecule has 0 aromatic heterocycles. The van der Waals surface area contributed by atoms with Crippen molar-refractivity contribution in [3.8, 4) is 0 Å². The van der Waals surface area contributed by atoms with Gasteiger partial charge in [0.05, 0.1) is 0 Å². The predicted molar refractivity (Wildman–Crippen MR) is 54.8 cm³/mol. The smallest absolute Gasteiger partial charge is 0.385 e. The van der Waals surface area contributed by atoms with Crippen LogP contribution in [0.15, 0.2) is 12.7 Å². The van der Waals surface area contributed by atoms with Crippen LogP contribution < -0.4 is 0 Å². The Balaban J connectivity index is 3.92. The van der Waals surface area contributed by atoms with Crippen molar-refractivity contribution in [2.24, 2.45) is 0 Å². The summed E-state index contributed by atoms with van der Waals surface area (Å²) in [4.78, 5) is 10.9. The van der Waals surface area contributed by atoms with Crippen LogP contribution in [-0.4, -0.2) is 21.4 Å². The number of rotatable bonds is 6. The minimum Gasteiger partial charge on any atom is -0.493 e. The van der Waals surface area contributed by atoms with E-state index in [0.717, 1.165) is 12.5 Å². The van der Waals surface area contributed by atoms with Crippen molar-refractivity contribution in [3.63, 3.8) is 0 Å². The van der Waals surface area contributed by atoms with Crippen molar-refractivity contribution in [1.29, 1.82) is 0 Å². The molecule has 0 bridgehead atoms. The normalized spacial score (nSPS) is 12.6. The van der Waals surface area contributed by atoms with Crippen LogP contribution in [0.2, 0.25) is 6.04 Å². The summed E-state index contributed by atoms with van der Waals surface area (Å²) in [6.45, 7) is 9.28. The van der Waals surface area contributed by atoms with Crippen LogP contribution in [0.5, 0.6) is 0 Å². The molecule has 4 heteroatoms. The highest BCUT2D eigenvalue weighted by atomic mass is 28.3. The first-order chi connectivity index (χ1) is 6.10. The molecule has 13 heavy (non-hydrogen) atoms. The minimum atomic E-state index is -1.79. The van der Waals surface area contributed by atoms with Crippen molar-refractivity contribution < 1.29 is 13.6 Å². The molecule has 0 aromatic carbocycles. The molecule has 0 radical (unpaired) electrons. The zero-order chi connectivity index (χ0) is 10.3.